The topological polar surface area (TPSA) is 88.4 Å². The summed E-state index contributed by atoms with van der Waals surface area (Å²) in [6.45, 7) is 5.15. The number of carbonyl (C=O) groups excluding carboxylic acids is 2. The molecule has 0 aliphatic rings. The van der Waals surface area contributed by atoms with Crippen molar-refractivity contribution in [2.45, 2.75) is 26.4 Å². The molecule has 6 heteroatoms. The number of hydrogen-bond acceptors (Lipinski definition) is 5. The zero-order chi connectivity index (χ0) is 16.8. The van der Waals surface area contributed by atoms with Crippen LogP contribution < -0.4 is 5.32 Å². The van der Waals surface area contributed by atoms with E-state index in [1.165, 1.54) is 13.2 Å². The van der Waals surface area contributed by atoms with E-state index in [0.29, 0.717) is 11.1 Å². The van der Waals surface area contributed by atoms with Gasteiger partial charge in [0, 0.05) is 0 Å². The van der Waals surface area contributed by atoms with Gasteiger partial charge in [-0.3, -0.25) is 5.32 Å². The molecular formula is C16H18N2O4. The van der Waals surface area contributed by atoms with E-state index in [9.17, 15) is 9.59 Å². The smallest absolute Gasteiger partial charge is 0.412 e. The van der Waals surface area contributed by atoms with Crippen molar-refractivity contribution in [2.24, 2.45) is 0 Å². The van der Waals surface area contributed by atoms with E-state index in [4.69, 9.17) is 10.00 Å². The van der Waals surface area contributed by atoms with Crippen molar-refractivity contribution < 1.29 is 19.1 Å². The van der Waals surface area contributed by atoms with E-state index in [0.717, 1.165) is 0 Å². The number of hydrogen-bond donors (Lipinski definition) is 1. The standard InChI is InChI=1S/C16H18N2O4/c1-16(2,3)22-15(20)18-13(14(19)21-4)9-11-5-7-12(10-17)8-6-11/h5-9H,1-4H3,(H,18,20)/b13-9-. The van der Waals surface area contributed by atoms with Crippen LogP contribution in [-0.2, 0) is 14.3 Å². The highest BCUT2D eigenvalue weighted by molar-refractivity contribution is 5.96. The molecule has 0 unspecified atom stereocenters. The van der Waals surface area contributed by atoms with Crippen LogP contribution >= 0.6 is 0 Å². The molecule has 0 fully saturated rings. The first-order chi connectivity index (χ1) is 10.2. The maximum absolute atomic E-state index is 11.8. The van der Waals surface area contributed by atoms with Crippen LogP contribution in [0.5, 0.6) is 0 Å². The first kappa shape index (κ1) is 17.2. The summed E-state index contributed by atoms with van der Waals surface area (Å²) in [5.41, 5.74) is 0.397. The van der Waals surface area contributed by atoms with Crippen LogP contribution in [0.2, 0.25) is 0 Å². The third-order valence-corrected chi connectivity index (χ3v) is 2.39. The summed E-state index contributed by atoms with van der Waals surface area (Å²) in [4.78, 5) is 23.5. The number of methoxy groups -OCH3 is 1. The van der Waals surface area contributed by atoms with Crippen molar-refractivity contribution in [1.29, 1.82) is 5.26 Å². The van der Waals surface area contributed by atoms with Gasteiger partial charge in [0.2, 0.25) is 0 Å². The molecule has 1 N–H and O–H groups in total. The van der Waals surface area contributed by atoms with Crippen molar-refractivity contribution in [3.05, 3.63) is 41.1 Å². The highest BCUT2D eigenvalue weighted by Gasteiger charge is 2.20. The molecule has 1 aromatic carbocycles. The molecule has 1 amide bonds. The molecule has 6 nitrogen and oxygen atoms in total. The molecule has 0 radical (unpaired) electrons. The van der Waals surface area contributed by atoms with Gasteiger partial charge < -0.3 is 9.47 Å². The lowest BCUT2D eigenvalue weighted by Crippen LogP contribution is -2.34. The molecule has 0 aliphatic carbocycles. The monoisotopic (exact) mass is 302 g/mol. The Hall–Kier alpha value is -2.81. The van der Waals surface area contributed by atoms with Gasteiger partial charge in [0.1, 0.15) is 11.3 Å². The van der Waals surface area contributed by atoms with Crippen molar-refractivity contribution in [3.8, 4) is 6.07 Å². The van der Waals surface area contributed by atoms with Gasteiger partial charge in [-0.15, -0.1) is 0 Å². The van der Waals surface area contributed by atoms with Crippen LogP contribution in [0.15, 0.2) is 30.0 Å². The Morgan fingerprint density at radius 1 is 1.23 bits per heavy atom. The summed E-state index contributed by atoms with van der Waals surface area (Å²) in [6, 6.07) is 8.51. The number of amides is 1. The third kappa shape index (κ3) is 5.67. The zero-order valence-electron chi connectivity index (χ0n) is 13.0. The number of carbonyl (C=O) groups is 2. The molecular weight excluding hydrogens is 284 g/mol. The molecule has 0 saturated heterocycles. The van der Waals surface area contributed by atoms with Gasteiger partial charge in [0.25, 0.3) is 0 Å². The van der Waals surface area contributed by atoms with E-state index in [-0.39, 0.29) is 5.70 Å². The maximum Gasteiger partial charge on any atom is 0.412 e. The number of nitriles is 1. The van der Waals surface area contributed by atoms with E-state index in [1.54, 1.807) is 45.0 Å². The summed E-state index contributed by atoms with van der Waals surface area (Å²) >= 11 is 0. The normalized spacial score (nSPS) is 11.3. The molecule has 0 bridgehead atoms. The largest absolute Gasteiger partial charge is 0.464 e. The SMILES string of the molecule is COC(=O)/C(=C/c1ccc(C#N)cc1)NC(=O)OC(C)(C)C. The van der Waals surface area contributed by atoms with Crippen molar-refractivity contribution >= 4 is 18.1 Å². The second-order valence-corrected chi connectivity index (χ2v) is 5.41. The maximum atomic E-state index is 11.8. The van der Waals surface area contributed by atoms with Crippen molar-refractivity contribution in [2.75, 3.05) is 7.11 Å². The Labute approximate surface area is 129 Å². The van der Waals surface area contributed by atoms with Crippen LogP contribution in [0.1, 0.15) is 31.9 Å². The van der Waals surface area contributed by atoms with Crippen molar-refractivity contribution in [3.63, 3.8) is 0 Å². The highest BCUT2D eigenvalue weighted by atomic mass is 16.6. The zero-order valence-corrected chi connectivity index (χ0v) is 13.0. The molecule has 116 valence electrons. The predicted molar refractivity (Wildman–Crippen MR) is 80.5 cm³/mol. The van der Waals surface area contributed by atoms with Crippen LogP contribution in [-0.4, -0.2) is 24.8 Å². The summed E-state index contributed by atoms with van der Waals surface area (Å²) in [5, 5.41) is 11.1. The van der Waals surface area contributed by atoms with Gasteiger partial charge in [-0.1, -0.05) is 12.1 Å². The molecule has 0 atom stereocenters. The number of benzene rings is 1. The quantitative estimate of drug-likeness (QED) is 0.685. The Balaban J connectivity index is 2.97. The van der Waals surface area contributed by atoms with Crippen LogP contribution in [0.25, 0.3) is 6.08 Å². The lowest BCUT2D eigenvalue weighted by atomic mass is 10.1. The Morgan fingerprint density at radius 3 is 2.27 bits per heavy atom. The van der Waals surface area contributed by atoms with E-state index in [2.05, 4.69) is 10.1 Å². The highest BCUT2D eigenvalue weighted by Crippen LogP contribution is 2.11. The van der Waals surface area contributed by atoms with Gasteiger partial charge >= 0.3 is 12.1 Å². The lowest BCUT2D eigenvalue weighted by molar-refractivity contribution is -0.136. The fourth-order valence-electron chi connectivity index (χ4n) is 1.49. The number of nitrogens with zero attached hydrogens (tertiary/aromatic N) is 1. The molecule has 22 heavy (non-hydrogen) atoms. The third-order valence-electron chi connectivity index (χ3n) is 2.39. The number of esters is 1. The Kier molecular flexibility index (Phi) is 5.70. The van der Waals surface area contributed by atoms with Gasteiger partial charge in [0.05, 0.1) is 18.7 Å². The van der Waals surface area contributed by atoms with Gasteiger partial charge in [0.15, 0.2) is 0 Å². The number of nitrogens with one attached hydrogen (secondary N) is 1. The lowest BCUT2D eigenvalue weighted by Gasteiger charge is -2.20. The predicted octanol–water partition coefficient (Wildman–Crippen LogP) is 2.60. The van der Waals surface area contributed by atoms with Gasteiger partial charge in [-0.2, -0.15) is 5.26 Å². The summed E-state index contributed by atoms with van der Waals surface area (Å²) < 4.78 is 9.73. The van der Waals surface area contributed by atoms with Crippen LogP contribution in [0.3, 0.4) is 0 Å². The fraction of sp³-hybridized carbons (Fsp3) is 0.312. The summed E-state index contributed by atoms with van der Waals surface area (Å²) in [6.07, 6.45) is 0.689. The molecule has 1 aromatic rings. The first-order valence-corrected chi connectivity index (χ1v) is 6.55. The average molecular weight is 302 g/mol. The van der Waals surface area contributed by atoms with E-state index < -0.39 is 17.7 Å². The number of rotatable bonds is 3. The minimum Gasteiger partial charge on any atom is -0.464 e. The fourth-order valence-corrected chi connectivity index (χ4v) is 1.49. The average Bonchev–Trinajstić information content (AvgIpc) is 2.44. The summed E-state index contributed by atoms with van der Waals surface area (Å²) in [7, 11) is 1.21. The van der Waals surface area contributed by atoms with Crippen LogP contribution in [0.4, 0.5) is 4.79 Å². The van der Waals surface area contributed by atoms with E-state index in [1.807, 2.05) is 6.07 Å². The molecule has 0 saturated carbocycles. The molecule has 1 rings (SSSR count). The first-order valence-electron chi connectivity index (χ1n) is 6.55. The van der Waals surface area contributed by atoms with Gasteiger partial charge in [-0.25, -0.2) is 9.59 Å². The molecule has 0 aliphatic heterocycles. The summed E-state index contributed by atoms with van der Waals surface area (Å²) in [5.74, 6) is -0.699. The van der Waals surface area contributed by atoms with Crippen LogP contribution in [0, 0.1) is 11.3 Å². The number of alkyl carbamates (subject to hydrolysis) is 1. The van der Waals surface area contributed by atoms with Crippen molar-refractivity contribution in [1.82, 2.24) is 5.32 Å². The minimum absolute atomic E-state index is 0.0542. The Bertz CT molecular complexity index is 619. The number of ether oxygens (including phenoxy) is 2. The Morgan fingerprint density at radius 2 is 1.82 bits per heavy atom. The molecule has 0 heterocycles. The van der Waals surface area contributed by atoms with Gasteiger partial charge in [-0.05, 0) is 44.5 Å². The second kappa shape index (κ2) is 7.27. The molecule has 0 aromatic heterocycles. The minimum atomic E-state index is -0.752. The van der Waals surface area contributed by atoms with E-state index >= 15 is 0 Å². The molecule has 0 spiro atoms. The second-order valence-electron chi connectivity index (χ2n) is 5.41.